The highest BCUT2D eigenvalue weighted by Gasteiger charge is 2.26. The number of fused-ring (bicyclic) bond motifs is 6. The lowest BCUT2D eigenvalue weighted by atomic mass is 9.85. The maximum absolute atomic E-state index is 3.92. The molecule has 6 aromatic rings. The van der Waals surface area contributed by atoms with Crippen molar-refractivity contribution >= 4 is 33.4 Å². The molecule has 0 saturated carbocycles. The van der Waals surface area contributed by atoms with Crippen LogP contribution < -0.4 is 4.57 Å². The molecule has 188 valence electrons. The first-order valence-electron chi connectivity index (χ1n) is 13.5. The molecule has 2 heteroatoms. The van der Waals surface area contributed by atoms with E-state index in [-0.39, 0.29) is 0 Å². The number of benzene rings is 4. The Morgan fingerprint density at radius 1 is 0.816 bits per heavy atom. The Morgan fingerprint density at radius 3 is 2.18 bits per heavy atom. The lowest BCUT2D eigenvalue weighted by molar-refractivity contribution is -0.643. The maximum atomic E-state index is 3.92. The first-order valence-corrected chi connectivity index (χ1v) is 13.5. The van der Waals surface area contributed by atoms with Gasteiger partial charge < -0.3 is 0 Å². The molecule has 0 unspecified atom stereocenters. The van der Waals surface area contributed by atoms with Crippen molar-refractivity contribution in [3.63, 3.8) is 0 Å². The molecular weight excluding hydrogens is 460 g/mol. The Labute approximate surface area is 225 Å². The second-order valence-electron chi connectivity index (χ2n) is 11.0. The van der Waals surface area contributed by atoms with E-state index in [4.69, 9.17) is 0 Å². The molecule has 2 heterocycles. The minimum Gasteiger partial charge on any atom is -0.232 e. The third kappa shape index (κ3) is 3.59. The zero-order valence-electron chi connectivity index (χ0n) is 23.3. The van der Waals surface area contributed by atoms with Crippen LogP contribution in [0.15, 0.2) is 85.7 Å². The second kappa shape index (κ2) is 8.99. The quantitative estimate of drug-likeness (QED) is 0.170. The van der Waals surface area contributed by atoms with Crippen molar-refractivity contribution in [2.75, 3.05) is 0 Å². The van der Waals surface area contributed by atoms with Gasteiger partial charge in [0.2, 0.25) is 0 Å². The van der Waals surface area contributed by atoms with Crippen LogP contribution in [0.3, 0.4) is 0 Å². The number of aryl methyl sites for hydroxylation is 4. The van der Waals surface area contributed by atoms with Gasteiger partial charge in [-0.1, -0.05) is 81.1 Å². The van der Waals surface area contributed by atoms with Gasteiger partial charge in [-0.15, -0.1) is 0 Å². The third-order valence-corrected chi connectivity index (χ3v) is 8.13. The average Bonchev–Trinajstić information content (AvgIpc) is 3.29. The number of rotatable bonds is 4. The molecule has 0 aliphatic rings. The van der Waals surface area contributed by atoms with Gasteiger partial charge in [0.1, 0.15) is 17.9 Å². The zero-order valence-corrected chi connectivity index (χ0v) is 23.3. The molecule has 0 aliphatic carbocycles. The van der Waals surface area contributed by atoms with E-state index in [9.17, 15) is 0 Å². The van der Waals surface area contributed by atoms with Gasteiger partial charge in [0.15, 0.2) is 0 Å². The maximum Gasteiger partial charge on any atom is 0.294 e. The summed E-state index contributed by atoms with van der Waals surface area (Å²) in [5.74, 6) is 0.399. The summed E-state index contributed by atoms with van der Waals surface area (Å²) in [6, 6.07) is 24.8. The van der Waals surface area contributed by atoms with E-state index in [1.165, 1.54) is 71.8 Å². The Hall–Kier alpha value is -4.17. The molecule has 0 bridgehead atoms. The number of hydrogen-bond donors (Lipinski definition) is 0. The molecule has 0 atom stereocenters. The number of nitrogens with zero attached hydrogens (tertiary/aromatic N) is 2. The highest BCUT2D eigenvalue weighted by Crippen LogP contribution is 2.43. The minimum atomic E-state index is 0.399. The lowest BCUT2D eigenvalue weighted by Crippen LogP contribution is -2.26. The fourth-order valence-corrected chi connectivity index (χ4v) is 6.29. The molecule has 0 spiro atoms. The minimum absolute atomic E-state index is 0.399. The summed E-state index contributed by atoms with van der Waals surface area (Å²) >= 11 is 0. The van der Waals surface area contributed by atoms with Gasteiger partial charge in [-0.3, -0.25) is 0 Å². The van der Waals surface area contributed by atoms with Crippen molar-refractivity contribution < 1.29 is 4.57 Å². The van der Waals surface area contributed by atoms with Gasteiger partial charge in [-0.05, 0) is 88.9 Å². The summed E-state index contributed by atoms with van der Waals surface area (Å²) in [7, 11) is 2.17. The van der Waals surface area contributed by atoms with Crippen LogP contribution >= 0.6 is 0 Å². The van der Waals surface area contributed by atoms with Crippen molar-refractivity contribution in [2.45, 2.75) is 40.5 Å². The molecule has 6 rings (SSSR count). The van der Waals surface area contributed by atoms with E-state index >= 15 is 0 Å². The van der Waals surface area contributed by atoms with Gasteiger partial charge in [-0.25, -0.2) is 4.57 Å². The van der Waals surface area contributed by atoms with Gasteiger partial charge in [0, 0.05) is 10.8 Å². The van der Waals surface area contributed by atoms with Crippen LogP contribution in [0.4, 0.5) is 0 Å². The Morgan fingerprint density at radius 2 is 1.53 bits per heavy atom. The summed E-state index contributed by atoms with van der Waals surface area (Å²) in [5, 5.41) is 3.99. The van der Waals surface area contributed by atoms with Crippen LogP contribution in [0, 0.1) is 20.8 Å². The van der Waals surface area contributed by atoms with Gasteiger partial charge in [0.05, 0.1) is 12.4 Å². The number of aromatic nitrogens is 2. The molecule has 0 fully saturated rings. The van der Waals surface area contributed by atoms with Crippen molar-refractivity contribution in [3.8, 4) is 22.3 Å². The Bertz CT molecular complexity index is 1860. The van der Waals surface area contributed by atoms with Crippen LogP contribution in [-0.4, -0.2) is 4.40 Å². The van der Waals surface area contributed by atoms with Crippen molar-refractivity contribution in [2.24, 2.45) is 7.05 Å². The molecule has 0 saturated heterocycles. The van der Waals surface area contributed by atoms with E-state index < -0.39 is 0 Å². The average molecular weight is 496 g/mol. The van der Waals surface area contributed by atoms with Crippen molar-refractivity contribution in [1.82, 2.24) is 4.40 Å². The predicted molar refractivity (Wildman–Crippen MR) is 163 cm³/mol. The molecule has 2 nitrogen and oxygen atoms in total. The first kappa shape index (κ1) is 24.2. The summed E-state index contributed by atoms with van der Waals surface area (Å²) in [6.45, 7) is 15.3. The number of hydrogen-bond acceptors (Lipinski definition) is 0. The van der Waals surface area contributed by atoms with Crippen LogP contribution in [0.5, 0.6) is 0 Å². The Kier molecular flexibility index (Phi) is 5.72. The van der Waals surface area contributed by atoms with Crippen LogP contribution in [-0.2, 0) is 7.05 Å². The molecule has 0 amide bonds. The van der Waals surface area contributed by atoms with Gasteiger partial charge >= 0.3 is 0 Å². The van der Waals surface area contributed by atoms with Crippen LogP contribution in [0.2, 0.25) is 0 Å². The fourth-order valence-electron chi connectivity index (χ4n) is 6.29. The van der Waals surface area contributed by atoms with E-state index in [0.717, 1.165) is 5.56 Å². The van der Waals surface area contributed by atoms with Crippen molar-refractivity contribution in [3.05, 3.63) is 114 Å². The molecule has 0 N–H and O–H groups in total. The molecule has 38 heavy (non-hydrogen) atoms. The van der Waals surface area contributed by atoms with Crippen LogP contribution in [0.1, 0.15) is 47.6 Å². The standard InChI is InChI=1S/C36H35N2/c1-8-26-12-14-27(15-13-26)28-20-25(6)35-31(21-28)33-30(32-23(4)10-9-11-24(32)5)17-16-29(22(2)3)34(33)36-37(7)18-19-38(35)36/h8-22H,1H2,2-7H3/q+1. The summed E-state index contributed by atoms with van der Waals surface area (Å²) in [5.41, 5.74) is 14.0. The molecule has 0 radical (unpaired) electrons. The number of imidazole rings is 1. The highest BCUT2D eigenvalue weighted by atomic mass is 15.1. The van der Waals surface area contributed by atoms with Gasteiger partial charge in [0.25, 0.3) is 5.65 Å². The summed E-state index contributed by atoms with van der Waals surface area (Å²) in [6.07, 6.45) is 6.31. The highest BCUT2D eigenvalue weighted by molar-refractivity contribution is 6.20. The Balaban J connectivity index is 1.87. The lowest BCUT2D eigenvalue weighted by Gasteiger charge is -2.19. The predicted octanol–water partition coefficient (Wildman–Crippen LogP) is 9.10. The largest absolute Gasteiger partial charge is 0.294 e. The molecule has 2 aromatic heterocycles. The second-order valence-corrected chi connectivity index (χ2v) is 11.0. The topological polar surface area (TPSA) is 8.29 Å². The molecule has 0 aliphatic heterocycles. The smallest absolute Gasteiger partial charge is 0.232 e. The molecule has 4 aromatic carbocycles. The van der Waals surface area contributed by atoms with Gasteiger partial charge in [-0.2, -0.15) is 4.40 Å². The zero-order chi connectivity index (χ0) is 26.7. The van der Waals surface area contributed by atoms with E-state index in [1.807, 2.05) is 6.08 Å². The SMILES string of the molecule is C=Cc1ccc(-c2cc(C)c3c(c2)c2c(-c4c(C)cccc4C)ccc(C(C)C)c2c2n3cc[n+]2C)cc1. The van der Waals surface area contributed by atoms with Crippen LogP contribution in [0.25, 0.3) is 55.7 Å². The van der Waals surface area contributed by atoms with E-state index in [1.54, 1.807) is 0 Å². The third-order valence-electron chi connectivity index (χ3n) is 8.13. The van der Waals surface area contributed by atoms with Crippen molar-refractivity contribution in [1.29, 1.82) is 0 Å². The first-order chi connectivity index (χ1) is 18.3. The normalized spacial score (nSPS) is 11.8. The fraction of sp³-hybridized carbons (Fsp3) is 0.194. The summed E-state index contributed by atoms with van der Waals surface area (Å²) in [4.78, 5) is 0. The number of pyridine rings is 1. The van der Waals surface area contributed by atoms with E-state index in [2.05, 4.69) is 136 Å². The summed E-state index contributed by atoms with van der Waals surface area (Å²) < 4.78 is 4.68. The monoisotopic (exact) mass is 495 g/mol. The van der Waals surface area contributed by atoms with E-state index in [0.29, 0.717) is 5.92 Å². The molecular formula is C36H35N2+.